The molecule has 0 atom stereocenters. The number of H-pyrrole nitrogens is 1. The molecule has 15 heavy (non-hydrogen) atoms. The van der Waals surface area contributed by atoms with Crippen molar-refractivity contribution >= 4 is 10.9 Å². The highest BCUT2D eigenvalue weighted by Gasteiger charge is 2.11. The minimum absolute atomic E-state index is 0.242. The third-order valence-corrected chi connectivity index (χ3v) is 2.34. The lowest BCUT2D eigenvalue weighted by Gasteiger charge is -2.04. The van der Waals surface area contributed by atoms with E-state index in [0.29, 0.717) is 10.9 Å². The molecule has 0 aliphatic carbocycles. The SMILES string of the molecule is Cc1cccc2c(O)c(C#N)c(=O)[nH]c12. The number of rotatable bonds is 0. The first kappa shape index (κ1) is 9.28. The summed E-state index contributed by atoms with van der Waals surface area (Å²) in [6.07, 6.45) is 0. The fourth-order valence-corrected chi connectivity index (χ4v) is 1.55. The van der Waals surface area contributed by atoms with E-state index in [4.69, 9.17) is 5.26 Å². The number of hydrogen-bond acceptors (Lipinski definition) is 3. The molecule has 0 aliphatic rings. The summed E-state index contributed by atoms with van der Waals surface area (Å²) in [6, 6.07) is 6.93. The van der Waals surface area contributed by atoms with Gasteiger partial charge in [0.15, 0.2) is 5.56 Å². The first-order valence-electron chi connectivity index (χ1n) is 4.40. The number of para-hydroxylation sites is 1. The summed E-state index contributed by atoms with van der Waals surface area (Å²) < 4.78 is 0. The molecule has 2 N–H and O–H groups in total. The van der Waals surface area contributed by atoms with E-state index in [1.54, 1.807) is 18.2 Å². The Morgan fingerprint density at radius 2 is 2.20 bits per heavy atom. The molecule has 1 heterocycles. The normalized spacial score (nSPS) is 10.1. The lowest BCUT2D eigenvalue weighted by atomic mass is 10.1. The summed E-state index contributed by atoms with van der Waals surface area (Å²) in [7, 11) is 0. The molecule has 0 aliphatic heterocycles. The van der Waals surface area contributed by atoms with E-state index in [1.807, 2.05) is 13.0 Å². The van der Waals surface area contributed by atoms with Crippen LogP contribution in [0, 0.1) is 18.3 Å². The molecular weight excluding hydrogens is 192 g/mol. The van der Waals surface area contributed by atoms with Crippen LogP contribution < -0.4 is 5.56 Å². The molecule has 0 fully saturated rings. The van der Waals surface area contributed by atoms with Gasteiger partial charge in [0.25, 0.3) is 5.56 Å². The monoisotopic (exact) mass is 200 g/mol. The second-order valence-electron chi connectivity index (χ2n) is 3.29. The molecule has 0 amide bonds. The van der Waals surface area contributed by atoms with Gasteiger partial charge in [-0.05, 0) is 18.6 Å². The van der Waals surface area contributed by atoms with Gasteiger partial charge >= 0.3 is 0 Å². The second-order valence-corrected chi connectivity index (χ2v) is 3.29. The van der Waals surface area contributed by atoms with Gasteiger partial charge in [-0.2, -0.15) is 5.26 Å². The fraction of sp³-hybridized carbons (Fsp3) is 0.0909. The summed E-state index contributed by atoms with van der Waals surface area (Å²) >= 11 is 0. The number of nitrogens with one attached hydrogen (secondary N) is 1. The predicted molar refractivity (Wildman–Crippen MR) is 55.7 cm³/mol. The van der Waals surface area contributed by atoms with E-state index < -0.39 is 5.56 Å². The van der Waals surface area contributed by atoms with Gasteiger partial charge in [0, 0.05) is 5.39 Å². The minimum Gasteiger partial charge on any atom is -0.506 e. The van der Waals surface area contributed by atoms with Crippen LogP contribution in [0.25, 0.3) is 10.9 Å². The van der Waals surface area contributed by atoms with Gasteiger partial charge in [-0.25, -0.2) is 0 Å². The Hall–Kier alpha value is -2.28. The molecule has 74 valence electrons. The van der Waals surface area contributed by atoms with Crippen molar-refractivity contribution in [2.75, 3.05) is 0 Å². The maximum absolute atomic E-state index is 11.4. The summed E-state index contributed by atoms with van der Waals surface area (Å²) in [5, 5.41) is 18.9. The summed E-state index contributed by atoms with van der Waals surface area (Å²) in [5.41, 5.74) is 0.619. The van der Waals surface area contributed by atoms with E-state index in [2.05, 4.69) is 4.98 Å². The second kappa shape index (κ2) is 3.14. The largest absolute Gasteiger partial charge is 0.506 e. The van der Waals surface area contributed by atoms with Gasteiger partial charge in [0.2, 0.25) is 0 Å². The van der Waals surface area contributed by atoms with Crippen LogP contribution in [0.5, 0.6) is 5.75 Å². The molecule has 0 unspecified atom stereocenters. The van der Waals surface area contributed by atoms with Crippen molar-refractivity contribution in [3.05, 3.63) is 39.7 Å². The van der Waals surface area contributed by atoms with Gasteiger partial charge in [-0.1, -0.05) is 12.1 Å². The van der Waals surface area contributed by atoms with Crippen molar-refractivity contribution < 1.29 is 5.11 Å². The highest BCUT2D eigenvalue weighted by atomic mass is 16.3. The molecule has 4 heteroatoms. The average Bonchev–Trinajstić information content (AvgIpc) is 2.20. The van der Waals surface area contributed by atoms with Gasteiger partial charge in [0.1, 0.15) is 11.8 Å². The maximum atomic E-state index is 11.4. The van der Waals surface area contributed by atoms with Gasteiger partial charge < -0.3 is 10.1 Å². The van der Waals surface area contributed by atoms with Crippen LogP contribution in [0.15, 0.2) is 23.0 Å². The van der Waals surface area contributed by atoms with E-state index in [9.17, 15) is 9.90 Å². The van der Waals surface area contributed by atoms with Gasteiger partial charge in [0.05, 0.1) is 5.52 Å². The molecule has 0 saturated carbocycles. The van der Waals surface area contributed by atoms with Crippen LogP contribution in [0.1, 0.15) is 11.1 Å². The number of aromatic hydroxyl groups is 1. The summed E-state index contributed by atoms with van der Waals surface area (Å²) in [5.74, 6) is -0.250. The predicted octanol–water partition coefficient (Wildman–Crippen LogP) is 1.41. The minimum atomic E-state index is -0.559. The number of aromatic nitrogens is 1. The fourth-order valence-electron chi connectivity index (χ4n) is 1.55. The molecule has 4 nitrogen and oxygen atoms in total. The Morgan fingerprint density at radius 3 is 2.87 bits per heavy atom. The van der Waals surface area contributed by atoms with E-state index >= 15 is 0 Å². The summed E-state index contributed by atoms with van der Waals surface area (Å²) in [4.78, 5) is 14.0. The number of aromatic amines is 1. The zero-order valence-electron chi connectivity index (χ0n) is 8.03. The molecule has 2 rings (SSSR count). The number of fused-ring (bicyclic) bond motifs is 1. The Balaban J connectivity index is 3.06. The number of nitrogens with zero attached hydrogens (tertiary/aromatic N) is 1. The van der Waals surface area contributed by atoms with Gasteiger partial charge in [-0.15, -0.1) is 0 Å². The van der Waals surface area contributed by atoms with Crippen LogP contribution in [0.2, 0.25) is 0 Å². The van der Waals surface area contributed by atoms with Crippen LogP contribution in [-0.2, 0) is 0 Å². The van der Waals surface area contributed by atoms with Gasteiger partial charge in [-0.3, -0.25) is 4.79 Å². The molecule has 1 aromatic carbocycles. The summed E-state index contributed by atoms with van der Waals surface area (Å²) in [6.45, 7) is 1.82. The Morgan fingerprint density at radius 1 is 1.47 bits per heavy atom. The molecular formula is C11H8N2O2. The molecule has 1 aromatic heterocycles. The van der Waals surface area contributed by atoms with Crippen LogP contribution in [-0.4, -0.2) is 10.1 Å². The van der Waals surface area contributed by atoms with Crippen molar-refractivity contribution in [1.29, 1.82) is 5.26 Å². The Kier molecular flexibility index (Phi) is 1.94. The third-order valence-electron chi connectivity index (χ3n) is 2.34. The smallest absolute Gasteiger partial charge is 0.270 e. The van der Waals surface area contributed by atoms with Crippen LogP contribution >= 0.6 is 0 Å². The number of hydrogen-bond donors (Lipinski definition) is 2. The van der Waals surface area contributed by atoms with E-state index in [0.717, 1.165) is 5.56 Å². The zero-order valence-corrected chi connectivity index (χ0v) is 8.03. The standard InChI is InChI=1S/C11H8N2O2/c1-6-3-2-4-7-9(6)13-11(15)8(5-12)10(7)14/h2-4H,1H3,(H2,13,14,15). The topological polar surface area (TPSA) is 76.9 Å². The number of benzene rings is 1. The quantitative estimate of drug-likeness (QED) is 0.675. The first-order valence-corrected chi connectivity index (χ1v) is 4.40. The first-order chi connectivity index (χ1) is 7.15. The third kappa shape index (κ3) is 1.25. The highest BCUT2D eigenvalue weighted by molar-refractivity contribution is 5.88. The lowest BCUT2D eigenvalue weighted by molar-refractivity contribution is 0.478. The molecule has 0 radical (unpaired) electrons. The van der Waals surface area contributed by atoms with E-state index in [1.165, 1.54) is 0 Å². The molecule has 2 aromatic rings. The number of aryl methyl sites for hydroxylation is 1. The van der Waals surface area contributed by atoms with Crippen molar-refractivity contribution in [1.82, 2.24) is 4.98 Å². The zero-order chi connectivity index (χ0) is 11.0. The average molecular weight is 200 g/mol. The van der Waals surface area contributed by atoms with Crippen LogP contribution in [0.4, 0.5) is 0 Å². The van der Waals surface area contributed by atoms with Crippen molar-refractivity contribution in [3.63, 3.8) is 0 Å². The molecule has 0 bridgehead atoms. The highest BCUT2D eigenvalue weighted by Crippen LogP contribution is 2.25. The Labute approximate surface area is 85.4 Å². The number of pyridine rings is 1. The lowest BCUT2D eigenvalue weighted by Crippen LogP contribution is -2.10. The van der Waals surface area contributed by atoms with Crippen molar-refractivity contribution in [2.24, 2.45) is 0 Å². The molecule has 0 saturated heterocycles. The van der Waals surface area contributed by atoms with Crippen LogP contribution in [0.3, 0.4) is 0 Å². The number of nitriles is 1. The van der Waals surface area contributed by atoms with Crippen molar-refractivity contribution in [3.8, 4) is 11.8 Å². The van der Waals surface area contributed by atoms with Crippen molar-refractivity contribution in [2.45, 2.75) is 6.92 Å². The molecule has 0 spiro atoms. The maximum Gasteiger partial charge on any atom is 0.270 e. The van der Waals surface area contributed by atoms with E-state index in [-0.39, 0.29) is 11.3 Å². The Bertz CT molecular complexity index is 635.